The molecule has 0 bridgehead atoms. The van der Waals surface area contributed by atoms with Crippen LogP contribution in [-0.2, 0) is 13.1 Å². The SMILES string of the molecule is CCCCCCn1c2ccccc2c2ccc3c4ccccc4n(CCCCCC)c3c21. The highest BCUT2D eigenvalue weighted by Gasteiger charge is 2.18. The highest BCUT2D eigenvalue weighted by Crippen LogP contribution is 2.39. The molecular weight excluding hydrogens is 388 g/mol. The molecule has 5 rings (SSSR count). The van der Waals surface area contributed by atoms with Gasteiger partial charge in [-0.3, -0.25) is 0 Å². The Hall–Kier alpha value is -2.74. The van der Waals surface area contributed by atoms with Crippen LogP contribution in [0.25, 0.3) is 43.6 Å². The fourth-order valence-corrected chi connectivity index (χ4v) is 5.53. The van der Waals surface area contributed by atoms with E-state index in [0.717, 1.165) is 13.1 Å². The van der Waals surface area contributed by atoms with E-state index < -0.39 is 0 Å². The Morgan fingerprint density at radius 1 is 0.469 bits per heavy atom. The molecule has 0 fully saturated rings. The molecule has 3 aromatic carbocycles. The highest BCUT2D eigenvalue weighted by atomic mass is 15.0. The van der Waals surface area contributed by atoms with Gasteiger partial charge in [0.05, 0.1) is 11.0 Å². The maximum Gasteiger partial charge on any atom is 0.0739 e. The van der Waals surface area contributed by atoms with Crippen molar-refractivity contribution in [3.8, 4) is 0 Å². The zero-order chi connectivity index (χ0) is 21.9. The van der Waals surface area contributed by atoms with E-state index in [4.69, 9.17) is 0 Å². The van der Waals surface area contributed by atoms with Crippen LogP contribution in [0.1, 0.15) is 65.2 Å². The highest BCUT2D eigenvalue weighted by molar-refractivity contribution is 6.22. The van der Waals surface area contributed by atoms with Crippen molar-refractivity contribution in [3.63, 3.8) is 0 Å². The van der Waals surface area contributed by atoms with Crippen molar-refractivity contribution in [2.75, 3.05) is 0 Å². The van der Waals surface area contributed by atoms with E-state index in [1.165, 1.54) is 95.0 Å². The number of unbranched alkanes of at least 4 members (excludes halogenated alkanes) is 6. The van der Waals surface area contributed by atoms with E-state index >= 15 is 0 Å². The number of fused-ring (bicyclic) bond motifs is 7. The van der Waals surface area contributed by atoms with Gasteiger partial charge in [0.2, 0.25) is 0 Å². The van der Waals surface area contributed by atoms with Crippen LogP contribution in [-0.4, -0.2) is 9.13 Å². The summed E-state index contributed by atoms with van der Waals surface area (Å²) >= 11 is 0. The van der Waals surface area contributed by atoms with E-state index in [-0.39, 0.29) is 0 Å². The molecule has 166 valence electrons. The monoisotopic (exact) mass is 424 g/mol. The molecule has 2 nitrogen and oxygen atoms in total. The van der Waals surface area contributed by atoms with Gasteiger partial charge in [-0.1, -0.05) is 101 Å². The second-order valence-corrected chi connectivity index (χ2v) is 9.32. The van der Waals surface area contributed by atoms with Crippen LogP contribution in [0.15, 0.2) is 60.7 Å². The van der Waals surface area contributed by atoms with Gasteiger partial charge in [0.25, 0.3) is 0 Å². The third kappa shape index (κ3) is 3.60. The van der Waals surface area contributed by atoms with E-state index in [9.17, 15) is 0 Å². The van der Waals surface area contributed by atoms with Gasteiger partial charge in [-0.25, -0.2) is 0 Å². The molecule has 0 spiro atoms. The van der Waals surface area contributed by atoms with E-state index in [0.29, 0.717) is 0 Å². The van der Waals surface area contributed by atoms with Gasteiger partial charge in [0.15, 0.2) is 0 Å². The van der Waals surface area contributed by atoms with Crippen LogP contribution >= 0.6 is 0 Å². The second-order valence-electron chi connectivity index (χ2n) is 9.32. The number of benzene rings is 3. The molecule has 5 aromatic rings. The fraction of sp³-hybridized carbons (Fsp3) is 0.400. The van der Waals surface area contributed by atoms with Crippen LogP contribution in [0, 0.1) is 0 Å². The Morgan fingerprint density at radius 3 is 1.34 bits per heavy atom. The summed E-state index contributed by atoms with van der Waals surface area (Å²) in [6.07, 6.45) is 10.3. The molecule has 0 amide bonds. The van der Waals surface area contributed by atoms with Gasteiger partial charge in [-0.15, -0.1) is 0 Å². The zero-order valence-electron chi connectivity index (χ0n) is 19.7. The molecule has 0 N–H and O–H groups in total. The molecular formula is C30H36N2. The molecule has 2 heterocycles. The van der Waals surface area contributed by atoms with Gasteiger partial charge in [0.1, 0.15) is 0 Å². The number of rotatable bonds is 10. The first-order valence-corrected chi connectivity index (χ1v) is 12.8. The van der Waals surface area contributed by atoms with Crippen molar-refractivity contribution in [2.45, 2.75) is 78.3 Å². The van der Waals surface area contributed by atoms with Crippen molar-refractivity contribution in [1.29, 1.82) is 0 Å². The maximum atomic E-state index is 2.63. The predicted octanol–water partition coefficient (Wildman–Crippen LogP) is 9.06. The first-order valence-electron chi connectivity index (χ1n) is 12.8. The maximum absolute atomic E-state index is 2.63. The Labute approximate surface area is 191 Å². The Kier molecular flexibility index (Phi) is 6.21. The van der Waals surface area contributed by atoms with Crippen LogP contribution in [0.5, 0.6) is 0 Å². The van der Waals surface area contributed by atoms with Gasteiger partial charge in [-0.05, 0) is 25.0 Å². The molecule has 0 saturated heterocycles. The van der Waals surface area contributed by atoms with Crippen LogP contribution < -0.4 is 0 Å². The van der Waals surface area contributed by atoms with Gasteiger partial charge in [-0.2, -0.15) is 0 Å². The number of hydrogen-bond donors (Lipinski definition) is 0. The number of nitrogens with zero attached hydrogens (tertiary/aromatic N) is 2. The van der Waals surface area contributed by atoms with Gasteiger partial charge in [0, 0.05) is 45.7 Å². The summed E-state index contributed by atoms with van der Waals surface area (Å²) in [5, 5.41) is 5.59. The fourth-order valence-electron chi connectivity index (χ4n) is 5.53. The second kappa shape index (κ2) is 9.40. The van der Waals surface area contributed by atoms with Gasteiger partial charge < -0.3 is 9.13 Å². The number of para-hydroxylation sites is 2. The number of hydrogen-bond acceptors (Lipinski definition) is 0. The van der Waals surface area contributed by atoms with Crippen LogP contribution in [0.4, 0.5) is 0 Å². The smallest absolute Gasteiger partial charge is 0.0739 e. The molecule has 0 aliphatic carbocycles. The lowest BCUT2D eigenvalue weighted by Gasteiger charge is -2.12. The zero-order valence-corrected chi connectivity index (χ0v) is 19.7. The minimum atomic E-state index is 1.10. The molecule has 2 aromatic heterocycles. The number of aromatic nitrogens is 2. The lowest BCUT2D eigenvalue weighted by molar-refractivity contribution is 0.597. The first kappa shape index (κ1) is 21.1. The van der Waals surface area contributed by atoms with Crippen molar-refractivity contribution >= 4 is 43.6 Å². The molecule has 2 heteroatoms. The molecule has 0 unspecified atom stereocenters. The average molecular weight is 425 g/mol. The summed E-state index contributed by atoms with van der Waals surface area (Å²) in [6.45, 7) is 6.78. The lowest BCUT2D eigenvalue weighted by atomic mass is 10.1. The topological polar surface area (TPSA) is 9.86 Å². The van der Waals surface area contributed by atoms with Gasteiger partial charge >= 0.3 is 0 Å². The Bertz CT molecular complexity index is 1250. The molecule has 0 aliphatic rings. The summed E-state index contributed by atoms with van der Waals surface area (Å²) < 4.78 is 5.26. The van der Waals surface area contributed by atoms with Crippen LogP contribution in [0.3, 0.4) is 0 Å². The Morgan fingerprint density at radius 2 is 0.906 bits per heavy atom. The van der Waals surface area contributed by atoms with Crippen molar-refractivity contribution in [3.05, 3.63) is 60.7 Å². The summed E-state index contributed by atoms with van der Waals surface area (Å²) in [7, 11) is 0. The minimum absolute atomic E-state index is 1.10. The number of aryl methyl sites for hydroxylation is 2. The normalized spacial score (nSPS) is 12.1. The first-order chi connectivity index (χ1) is 15.8. The standard InChI is InChI=1S/C30H36N2/c1-3-5-7-13-21-31-27-17-11-9-15-23(27)25-19-20-26-24-16-10-12-18-28(24)32(30(26)29(25)31)22-14-8-6-4-2/h9-12,15-20H,3-8,13-14,21-22H2,1-2H3. The third-order valence-corrected chi connectivity index (χ3v) is 7.13. The lowest BCUT2D eigenvalue weighted by Crippen LogP contribution is -2.02. The third-order valence-electron chi connectivity index (χ3n) is 7.13. The molecule has 0 atom stereocenters. The predicted molar refractivity (Wildman–Crippen MR) is 141 cm³/mol. The quantitative estimate of drug-likeness (QED) is 0.198. The van der Waals surface area contributed by atoms with Crippen molar-refractivity contribution in [1.82, 2.24) is 9.13 Å². The Balaban J connectivity index is 1.77. The minimum Gasteiger partial charge on any atom is -0.339 e. The van der Waals surface area contributed by atoms with Crippen molar-refractivity contribution in [2.24, 2.45) is 0 Å². The molecule has 0 radical (unpaired) electrons. The summed E-state index contributed by atoms with van der Waals surface area (Å²) in [5.41, 5.74) is 5.64. The summed E-state index contributed by atoms with van der Waals surface area (Å²) in [5.74, 6) is 0. The largest absolute Gasteiger partial charge is 0.339 e. The van der Waals surface area contributed by atoms with E-state index in [1.54, 1.807) is 0 Å². The van der Waals surface area contributed by atoms with E-state index in [1.807, 2.05) is 0 Å². The summed E-state index contributed by atoms with van der Waals surface area (Å²) in [6, 6.07) is 22.8. The summed E-state index contributed by atoms with van der Waals surface area (Å²) in [4.78, 5) is 0. The molecule has 0 aliphatic heterocycles. The van der Waals surface area contributed by atoms with Crippen molar-refractivity contribution < 1.29 is 0 Å². The van der Waals surface area contributed by atoms with Crippen LogP contribution in [0.2, 0.25) is 0 Å². The average Bonchev–Trinajstić information content (AvgIpc) is 3.32. The van der Waals surface area contributed by atoms with E-state index in [2.05, 4.69) is 83.6 Å². The molecule has 0 saturated carbocycles. The molecule has 32 heavy (non-hydrogen) atoms.